The third-order valence-electron chi connectivity index (χ3n) is 2.44. The zero-order valence-corrected chi connectivity index (χ0v) is 9.56. The Balaban J connectivity index is 2.40. The molecule has 0 aromatic heterocycles. The third kappa shape index (κ3) is 2.48. The van der Waals surface area contributed by atoms with E-state index in [4.69, 9.17) is 0 Å². The van der Waals surface area contributed by atoms with Gasteiger partial charge in [-0.05, 0) is 6.26 Å². The molecule has 80 valence electrons. The topological polar surface area (TPSA) is 49.4 Å². The third-order valence-corrected chi connectivity index (χ3v) is 3.41. The number of carbonyl (C=O) groups excluding carboxylic acids is 2. The van der Waals surface area contributed by atoms with Gasteiger partial charge in [0.05, 0.1) is 12.5 Å². The van der Waals surface area contributed by atoms with Crippen LogP contribution in [-0.2, 0) is 9.59 Å². The van der Waals surface area contributed by atoms with Crippen molar-refractivity contribution in [3.05, 3.63) is 0 Å². The highest BCUT2D eigenvalue weighted by Crippen LogP contribution is 2.11. The molecule has 0 aromatic rings. The molecule has 1 fully saturated rings. The highest BCUT2D eigenvalue weighted by molar-refractivity contribution is 7.99. The summed E-state index contributed by atoms with van der Waals surface area (Å²) in [5.74, 6) is -0.201. The fourth-order valence-corrected chi connectivity index (χ4v) is 1.57. The summed E-state index contributed by atoms with van der Waals surface area (Å²) < 4.78 is 0. The molecule has 0 spiro atoms. The highest BCUT2D eigenvalue weighted by atomic mass is 32.2. The number of nitrogens with zero attached hydrogens (tertiary/aromatic N) is 1. The van der Waals surface area contributed by atoms with Gasteiger partial charge in [0.25, 0.3) is 0 Å². The molecule has 2 atom stereocenters. The number of thioether (sulfide) groups is 1. The molecule has 1 saturated heterocycles. The van der Waals surface area contributed by atoms with Gasteiger partial charge in [-0.25, -0.2) is 0 Å². The van der Waals surface area contributed by atoms with Gasteiger partial charge in [-0.2, -0.15) is 11.8 Å². The highest BCUT2D eigenvalue weighted by Gasteiger charge is 2.35. The lowest BCUT2D eigenvalue weighted by Crippen LogP contribution is -2.39. The quantitative estimate of drug-likeness (QED) is 0.676. The van der Waals surface area contributed by atoms with Gasteiger partial charge in [-0.15, -0.1) is 0 Å². The number of rotatable bonds is 4. The minimum absolute atomic E-state index is 0.0932. The van der Waals surface area contributed by atoms with Crippen LogP contribution < -0.4 is 5.32 Å². The SMILES string of the molecule is CSC(C)CNC1CC(=O)N(C)C1=O. The first kappa shape index (κ1) is 11.5. The number of hydrogen-bond acceptors (Lipinski definition) is 4. The Morgan fingerprint density at radius 3 is 2.71 bits per heavy atom. The molecule has 1 heterocycles. The molecule has 0 radical (unpaired) electrons. The summed E-state index contributed by atoms with van der Waals surface area (Å²) in [7, 11) is 1.53. The fourth-order valence-electron chi connectivity index (χ4n) is 1.31. The van der Waals surface area contributed by atoms with E-state index in [0.717, 1.165) is 6.54 Å². The van der Waals surface area contributed by atoms with Crippen molar-refractivity contribution in [3.8, 4) is 0 Å². The van der Waals surface area contributed by atoms with E-state index >= 15 is 0 Å². The van der Waals surface area contributed by atoms with Gasteiger partial charge in [0, 0.05) is 18.8 Å². The Morgan fingerprint density at radius 2 is 2.29 bits per heavy atom. The van der Waals surface area contributed by atoms with Gasteiger partial charge in [-0.1, -0.05) is 6.92 Å². The average Bonchev–Trinajstić information content (AvgIpc) is 2.42. The molecule has 5 heteroatoms. The predicted octanol–water partition coefficient (Wildman–Crippen LogP) is 0.0848. The second-order valence-electron chi connectivity index (χ2n) is 3.50. The van der Waals surface area contributed by atoms with E-state index in [-0.39, 0.29) is 17.9 Å². The number of likely N-dealkylation sites (N-methyl/N-ethyl adjacent to an activating group) is 1. The zero-order chi connectivity index (χ0) is 10.7. The molecule has 1 aliphatic heterocycles. The lowest BCUT2D eigenvalue weighted by Gasteiger charge is -2.13. The van der Waals surface area contributed by atoms with Crippen LogP contribution in [-0.4, -0.2) is 47.9 Å². The van der Waals surface area contributed by atoms with Gasteiger partial charge in [-0.3, -0.25) is 14.5 Å². The maximum Gasteiger partial charge on any atom is 0.246 e. The van der Waals surface area contributed by atoms with Crippen LogP contribution in [0.2, 0.25) is 0 Å². The Labute approximate surface area is 88.4 Å². The van der Waals surface area contributed by atoms with Gasteiger partial charge >= 0.3 is 0 Å². The molecule has 1 aliphatic rings. The first-order valence-corrected chi connectivity index (χ1v) is 5.91. The maximum atomic E-state index is 11.5. The Hall–Kier alpha value is -0.550. The number of amides is 2. The van der Waals surface area contributed by atoms with E-state index < -0.39 is 0 Å². The number of likely N-dealkylation sites (tertiary alicyclic amines) is 1. The van der Waals surface area contributed by atoms with E-state index in [1.54, 1.807) is 11.8 Å². The Kier molecular flexibility index (Phi) is 3.95. The van der Waals surface area contributed by atoms with E-state index in [1.807, 2.05) is 6.26 Å². The molecular weight excluding hydrogens is 200 g/mol. The molecule has 0 saturated carbocycles. The number of nitrogens with one attached hydrogen (secondary N) is 1. The van der Waals surface area contributed by atoms with E-state index in [0.29, 0.717) is 11.7 Å². The van der Waals surface area contributed by atoms with Crippen molar-refractivity contribution >= 4 is 23.6 Å². The normalized spacial score (nSPS) is 24.5. The first-order chi connectivity index (χ1) is 6.56. The second-order valence-corrected chi connectivity index (χ2v) is 4.78. The van der Waals surface area contributed by atoms with Crippen molar-refractivity contribution in [2.75, 3.05) is 19.8 Å². The van der Waals surface area contributed by atoms with Crippen LogP contribution in [0.25, 0.3) is 0 Å². The Bertz CT molecular complexity index is 245. The lowest BCUT2D eigenvalue weighted by molar-refractivity contribution is -0.137. The van der Waals surface area contributed by atoms with Crippen LogP contribution in [0.3, 0.4) is 0 Å². The van der Waals surface area contributed by atoms with E-state index in [9.17, 15) is 9.59 Å². The smallest absolute Gasteiger partial charge is 0.246 e. The zero-order valence-electron chi connectivity index (χ0n) is 8.74. The summed E-state index contributed by atoms with van der Waals surface area (Å²) in [5.41, 5.74) is 0. The van der Waals surface area contributed by atoms with Crippen LogP contribution in [0.1, 0.15) is 13.3 Å². The van der Waals surface area contributed by atoms with E-state index in [1.165, 1.54) is 11.9 Å². The van der Waals surface area contributed by atoms with Gasteiger partial charge in [0.2, 0.25) is 11.8 Å². The minimum Gasteiger partial charge on any atom is -0.304 e. The fraction of sp³-hybridized carbons (Fsp3) is 0.778. The van der Waals surface area contributed by atoms with E-state index in [2.05, 4.69) is 12.2 Å². The molecule has 0 aromatic carbocycles. The number of imide groups is 1. The molecule has 1 N–H and O–H groups in total. The van der Waals surface area contributed by atoms with Gasteiger partial charge in [0.15, 0.2) is 0 Å². The van der Waals surface area contributed by atoms with Crippen molar-refractivity contribution in [3.63, 3.8) is 0 Å². The summed E-state index contributed by atoms with van der Waals surface area (Å²) in [5, 5.41) is 3.57. The summed E-state index contributed by atoms with van der Waals surface area (Å²) in [6.07, 6.45) is 2.33. The van der Waals surface area contributed by atoms with Crippen molar-refractivity contribution < 1.29 is 9.59 Å². The van der Waals surface area contributed by atoms with Crippen LogP contribution in [0.5, 0.6) is 0 Å². The maximum absolute atomic E-state index is 11.5. The van der Waals surface area contributed by atoms with Crippen molar-refractivity contribution in [2.45, 2.75) is 24.6 Å². The van der Waals surface area contributed by atoms with Gasteiger partial charge in [0.1, 0.15) is 0 Å². The summed E-state index contributed by atoms with van der Waals surface area (Å²) in [6.45, 7) is 2.85. The van der Waals surface area contributed by atoms with Crippen LogP contribution in [0, 0.1) is 0 Å². The first-order valence-electron chi connectivity index (χ1n) is 4.62. The monoisotopic (exact) mass is 216 g/mol. The summed E-state index contributed by atoms with van der Waals surface area (Å²) in [6, 6.07) is -0.304. The van der Waals surface area contributed by atoms with Crippen molar-refractivity contribution in [2.24, 2.45) is 0 Å². The molecule has 0 bridgehead atoms. The lowest BCUT2D eigenvalue weighted by atomic mass is 10.2. The second kappa shape index (κ2) is 4.79. The van der Waals surface area contributed by atoms with Crippen LogP contribution in [0.15, 0.2) is 0 Å². The van der Waals surface area contributed by atoms with Crippen LogP contribution >= 0.6 is 11.8 Å². The van der Waals surface area contributed by atoms with Crippen LogP contribution in [0.4, 0.5) is 0 Å². The molecule has 2 amide bonds. The van der Waals surface area contributed by atoms with Gasteiger partial charge < -0.3 is 5.32 Å². The molecule has 0 aliphatic carbocycles. The largest absolute Gasteiger partial charge is 0.304 e. The molecule has 1 rings (SSSR count). The van der Waals surface area contributed by atoms with Crippen molar-refractivity contribution in [1.29, 1.82) is 0 Å². The summed E-state index contributed by atoms with van der Waals surface area (Å²) >= 11 is 1.74. The molecule has 14 heavy (non-hydrogen) atoms. The Morgan fingerprint density at radius 1 is 1.64 bits per heavy atom. The minimum atomic E-state index is -0.304. The predicted molar refractivity (Wildman–Crippen MR) is 57.2 cm³/mol. The molecule has 2 unspecified atom stereocenters. The average molecular weight is 216 g/mol. The summed E-state index contributed by atoms with van der Waals surface area (Å²) in [4.78, 5) is 23.8. The number of carbonyl (C=O) groups is 2. The molecule has 4 nitrogen and oxygen atoms in total. The number of hydrogen-bond donors (Lipinski definition) is 1. The standard InChI is InChI=1S/C9H16N2O2S/c1-6(14-3)5-10-7-4-8(12)11(2)9(7)13/h6-7,10H,4-5H2,1-3H3. The molecular formula is C9H16N2O2S. The van der Waals surface area contributed by atoms with Crippen molar-refractivity contribution in [1.82, 2.24) is 10.2 Å².